The second-order valence-electron chi connectivity index (χ2n) is 5.79. The van der Waals surface area contributed by atoms with E-state index in [0.29, 0.717) is 11.1 Å². The van der Waals surface area contributed by atoms with Gasteiger partial charge in [-0.1, -0.05) is 30.3 Å². The lowest BCUT2D eigenvalue weighted by atomic mass is 10.0. The molecule has 0 spiro atoms. The van der Waals surface area contributed by atoms with Crippen molar-refractivity contribution in [1.82, 2.24) is 10.6 Å². The number of rotatable bonds is 7. The van der Waals surface area contributed by atoms with E-state index in [2.05, 4.69) is 10.6 Å². The molecule has 6 nitrogen and oxygen atoms in total. The van der Waals surface area contributed by atoms with Crippen molar-refractivity contribution in [3.63, 3.8) is 0 Å². The molecule has 0 aliphatic rings. The Morgan fingerprint density at radius 3 is 2.35 bits per heavy atom. The monoisotopic (exact) mass is 358 g/mol. The van der Waals surface area contributed by atoms with E-state index in [4.69, 9.17) is 5.11 Å². The Kier molecular flexibility index (Phi) is 6.43. The highest BCUT2D eigenvalue weighted by molar-refractivity contribution is 5.98. The predicted octanol–water partition coefficient (Wildman–Crippen LogP) is 1.76. The van der Waals surface area contributed by atoms with Crippen molar-refractivity contribution in [2.45, 2.75) is 25.4 Å². The number of carboxylic acid groups (broad SMARTS) is 1. The molecular formula is C19H19FN2O4. The Balaban J connectivity index is 2.18. The highest BCUT2D eigenvalue weighted by Crippen LogP contribution is 2.08. The number of carbonyl (C=O) groups is 3. The lowest BCUT2D eigenvalue weighted by Gasteiger charge is -2.20. The number of carbonyl (C=O) groups excluding carboxylic acids is 2. The predicted molar refractivity (Wildman–Crippen MR) is 93.0 cm³/mol. The van der Waals surface area contributed by atoms with E-state index in [9.17, 15) is 18.8 Å². The molecule has 7 heteroatoms. The topological polar surface area (TPSA) is 95.5 Å². The lowest BCUT2D eigenvalue weighted by Crippen LogP contribution is -2.51. The van der Waals surface area contributed by atoms with Crippen LogP contribution in [0.25, 0.3) is 0 Å². The molecule has 26 heavy (non-hydrogen) atoms. The van der Waals surface area contributed by atoms with Crippen LogP contribution in [0.1, 0.15) is 22.8 Å². The van der Waals surface area contributed by atoms with Gasteiger partial charge in [-0.2, -0.15) is 0 Å². The number of hydrogen-bond donors (Lipinski definition) is 3. The number of aliphatic carboxylic acids is 1. The highest BCUT2D eigenvalue weighted by atomic mass is 19.1. The Morgan fingerprint density at radius 1 is 1.04 bits per heavy atom. The first kappa shape index (κ1) is 19.1. The second-order valence-corrected chi connectivity index (χ2v) is 5.79. The van der Waals surface area contributed by atoms with Crippen LogP contribution in [0.3, 0.4) is 0 Å². The van der Waals surface area contributed by atoms with E-state index < -0.39 is 35.7 Å². The maximum Gasteiger partial charge on any atom is 0.325 e. The van der Waals surface area contributed by atoms with Crippen LogP contribution >= 0.6 is 0 Å². The van der Waals surface area contributed by atoms with Gasteiger partial charge < -0.3 is 15.7 Å². The molecular weight excluding hydrogens is 339 g/mol. The molecule has 0 aliphatic heterocycles. The third-order valence-corrected chi connectivity index (χ3v) is 3.72. The zero-order valence-electron chi connectivity index (χ0n) is 14.1. The molecule has 0 saturated carbocycles. The van der Waals surface area contributed by atoms with E-state index in [1.54, 1.807) is 36.4 Å². The van der Waals surface area contributed by atoms with Gasteiger partial charge >= 0.3 is 5.97 Å². The van der Waals surface area contributed by atoms with Crippen LogP contribution < -0.4 is 10.6 Å². The van der Waals surface area contributed by atoms with Gasteiger partial charge in [0.15, 0.2) is 0 Å². The third-order valence-electron chi connectivity index (χ3n) is 3.72. The Morgan fingerprint density at radius 2 is 1.73 bits per heavy atom. The summed E-state index contributed by atoms with van der Waals surface area (Å²) in [5.74, 6) is -2.80. The van der Waals surface area contributed by atoms with Gasteiger partial charge in [0.1, 0.15) is 17.9 Å². The average molecular weight is 358 g/mol. The van der Waals surface area contributed by atoms with E-state index in [0.717, 1.165) is 0 Å². The minimum absolute atomic E-state index is 0.0223. The van der Waals surface area contributed by atoms with Crippen LogP contribution in [-0.4, -0.2) is 35.0 Å². The Labute approximate surface area is 150 Å². The van der Waals surface area contributed by atoms with Gasteiger partial charge in [0.05, 0.1) is 0 Å². The lowest BCUT2D eigenvalue weighted by molar-refractivity contribution is -0.141. The SMILES string of the molecule is CC(NC(=O)C(Cc1cccc(F)c1)NC(=O)c1ccccc1)C(=O)O. The van der Waals surface area contributed by atoms with Gasteiger partial charge in [-0.05, 0) is 36.8 Å². The van der Waals surface area contributed by atoms with Crippen molar-refractivity contribution >= 4 is 17.8 Å². The molecule has 136 valence electrons. The smallest absolute Gasteiger partial charge is 0.325 e. The van der Waals surface area contributed by atoms with Gasteiger partial charge in [-0.15, -0.1) is 0 Å². The van der Waals surface area contributed by atoms with Gasteiger partial charge in [0.2, 0.25) is 5.91 Å². The molecule has 2 rings (SSSR count). The summed E-state index contributed by atoms with van der Waals surface area (Å²) < 4.78 is 13.4. The van der Waals surface area contributed by atoms with E-state index in [1.165, 1.54) is 25.1 Å². The molecule has 0 fully saturated rings. The van der Waals surface area contributed by atoms with Crippen molar-refractivity contribution in [3.05, 3.63) is 71.5 Å². The highest BCUT2D eigenvalue weighted by Gasteiger charge is 2.25. The minimum atomic E-state index is -1.20. The molecule has 0 heterocycles. The number of carboxylic acids is 1. The maximum absolute atomic E-state index is 13.4. The largest absolute Gasteiger partial charge is 0.480 e. The van der Waals surface area contributed by atoms with Crippen LogP contribution in [0.15, 0.2) is 54.6 Å². The number of nitrogens with one attached hydrogen (secondary N) is 2. The summed E-state index contributed by atoms with van der Waals surface area (Å²) in [5, 5.41) is 13.9. The van der Waals surface area contributed by atoms with E-state index in [-0.39, 0.29) is 6.42 Å². The number of benzene rings is 2. The summed E-state index contributed by atoms with van der Waals surface area (Å²) >= 11 is 0. The first-order chi connectivity index (χ1) is 12.4. The number of hydrogen-bond acceptors (Lipinski definition) is 3. The van der Waals surface area contributed by atoms with Crippen molar-refractivity contribution < 1.29 is 23.9 Å². The summed E-state index contributed by atoms with van der Waals surface area (Å²) in [6.07, 6.45) is 0.0223. The molecule has 0 bridgehead atoms. The zero-order chi connectivity index (χ0) is 19.1. The molecule has 0 saturated heterocycles. The van der Waals surface area contributed by atoms with Crippen LogP contribution in [0.4, 0.5) is 4.39 Å². The zero-order valence-corrected chi connectivity index (χ0v) is 14.1. The van der Waals surface area contributed by atoms with Gasteiger partial charge in [0.25, 0.3) is 5.91 Å². The summed E-state index contributed by atoms with van der Waals surface area (Å²) in [6, 6.07) is 11.8. The average Bonchev–Trinajstić information content (AvgIpc) is 2.61. The summed E-state index contributed by atoms with van der Waals surface area (Å²) in [5.41, 5.74) is 0.859. The van der Waals surface area contributed by atoms with Gasteiger partial charge in [-0.3, -0.25) is 14.4 Å². The normalized spacial score (nSPS) is 12.7. The Hall–Kier alpha value is -3.22. The first-order valence-electron chi connectivity index (χ1n) is 8.00. The maximum atomic E-state index is 13.4. The van der Waals surface area contributed by atoms with Crippen molar-refractivity contribution in [3.8, 4) is 0 Å². The first-order valence-corrected chi connectivity index (χ1v) is 8.00. The van der Waals surface area contributed by atoms with E-state index in [1.807, 2.05) is 0 Å². The summed E-state index contributed by atoms with van der Waals surface area (Å²) in [7, 11) is 0. The minimum Gasteiger partial charge on any atom is -0.480 e. The molecule has 2 aromatic rings. The van der Waals surface area contributed by atoms with Crippen molar-refractivity contribution in [2.24, 2.45) is 0 Å². The van der Waals surface area contributed by atoms with Gasteiger partial charge in [0, 0.05) is 12.0 Å². The summed E-state index contributed by atoms with van der Waals surface area (Å²) in [6.45, 7) is 1.32. The van der Waals surface area contributed by atoms with Crippen molar-refractivity contribution in [2.75, 3.05) is 0 Å². The molecule has 2 unspecified atom stereocenters. The number of amides is 2. The van der Waals surface area contributed by atoms with Crippen molar-refractivity contribution in [1.29, 1.82) is 0 Å². The quantitative estimate of drug-likeness (QED) is 0.703. The molecule has 3 N–H and O–H groups in total. The van der Waals surface area contributed by atoms with Crippen LogP contribution in [0, 0.1) is 5.82 Å². The standard InChI is InChI=1S/C19H19FN2O4/c1-12(19(25)26)21-18(24)16(11-13-6-5-9-15(20)10-13)22-17(23)14-7-3-2-4-8-14/h2-10,12,16H,11H2,1H3,(H,21,24)(H,22,23)(H,25,26). The molecule has 0 aliphatic carbocycles. The van der Waals surface area contributed by atoms with Gasteiger partial charge in [-0.25, -0.2) is 4.39 Å². The fourth-order valence-electron chi connectivity index (χ4n) is 2.32. The second kappa shape index (κ2) is 8.75. The molecule has 2 amide bonds. The van der Waals surface area contributed by atoms with Crippen LogP contribution in [-0.2, 0) is 16.0 Å². The number of halogens is 1. The fourth-order valence-corrected chi connectivity index (χ4v) is 2.32. The fraction of sp³-hybridized carbons (Fsp3) is 0.211. The molecule has 2 atom stereocenters. The van der Waals surface area contributed by atoms with Crippen LogP contribution in [0.2, 0.25) is 0 Å². The molecule has 0 radical (unpaired) electrons. The molecule has 0 aromatic heterocycles. The third kappa shape index (κ3) is 5.41. The van der Waals surface area contributed by atoms with E-state index >= 15 is 0 Å². The molecule has 2 aromatic carbocycles. The Bertz CT molecular complexity index is 795. The van der Waals surface area contributed by atoms with Crippen LogP contribution in [0.5, 0.6) is 0 Å². The summed E-state index contributed by atoms with van der Waals surface area (Å²) in [4.78, 5) is 35.7.